The SMILES string of the molecule is CC(=O)c1ccc(Cn2cc(NC(=O)/C=C\c3ccc(C)cc3)cn2)o1. The van der Waals surface area contributed by atoms with Gasteiger partial charge in [0.1, 0.15) is 5.76 Å². The van der Waals surface area contributed by atoms with Crippen LogP contribution in [0.5, 0.6) is 0 Å². The average molecular weight is 349 g/mol. The molecular formula is C20H19N3O3. The first-order valence-electron chi connectivity index (χ1n) is 8.17. The molecule has 0 fully saturated rings. The summed E-state index contributed by atoms with van der Waals surface area (Å²) in [6.45, 7) is 3.85. The van der Waals surface area contributed by atoms with E-state index in [1.165, 1.54) is 18.6 Å². The molecule has 1 aromatic carbocycles. The topological polar surface area (TPSA) is 77.1 Å². The van der Waals surface area contributed by atoms with Crippen molar-refractivity contribution in [2.75, 3.05) is 5.32 Å². The van der Waals surface area contributed by atoms with Crippen LogP contribution in [0.15, 0.2) is 59.3 Å². The van der Waals surface area contributed by atoms with Crippen LogP contribution in [-0.2, 0) is 11.3 Å². The van der Waals surface area contributed by atoms with Crippen molar-refractivity contribution in [3.8, 4) is 0 Å². The maximum Gasteiger partial charge on any atom is 0.248 e. The molecule has 3 aromatic rings. The molecule has 0 saturated carbocycles. The van der Waals surface area contributed by atoms with E-state index in [1.54, 1.807) is 35.3 Å². The van der Waals surface area contributed by atoms with Crippen LogP contribution in [0.4, 0.5) is 5.69 Å². The summed E-state index contributed by atoms with van der Waals surface area (Å²) in [6, 6.07) is 11.3. The average Bonchev–Trinajstić information content (AvgIpc) is 3.24. The summed E-state index contributed by atoms with van der Waals surface area (Å²) < 4.78 is 7.05. The molecule has 0 saturated heterocycles. The quantitative estimate of drug-likeness (QED) is 0.544. The van der Waals surface area contributed by atoms with E-state index in [2.05, 4.69) is 10.4 Å². The standard InChI is InChI=1S/C20H19N3O3/c1-14-3-5-16(6-4-14)7-10-20(25)22-17-11-21-23(12-17)13-18-8-9-19(26-18)15(2)24/h3-12H,13H2,1-2H3,(H,22,25)/b10-7-. The second kappa shape index (κ2) is 7.65. The van der Waals surface area contributed by atoms with Gasteiger partial charge in [-0.25, -0.2) is 0 Å². The molecule has 0 aliphatic carbocycles. The minimum Gasteiger partial charge on any atom is -0.456 e. The third kappa shape index (κ3) is 4.57. The largest absolute Gasteiger partial charge is 0.456 e. The summed E-state index contributed by atoms with van der Waals surface area (Å²) in [7, 11) is 0. The number of aryl methyl sites for hydroxylation is 1. The van der Waals surface area contributed by atoms with Crippen molar-refractivity contribution >= 4 is 23.5 Å². The van der Waals surface area contributed by atoms with E-state index < -0.39 is 0 Å². The van der Waals surface area contributed by atoms with Gasteiger partial charge in [-0.05, 0) is 30.7 Å². The third-order valence-corrected chi connectivity index (χ3v) is 3.73. The lowest BCUT2D eigenvalue weighted by Crippen LogP contribution is -2.07. The fourth-order valence-electron chi connectivity index (χ4n) is 2.36. The van der Waals surface area contributed by atoms with Gasteiger partial charge in [-0.15, -0.1) is 0 Å². The Kier molecular flexibility index (Phi) is 5.12. The molecule has 0 radical (unpaired) electrons. The fourth-order valence-corrected chi connectivity index (χ4v) is 2.36. The van der Waals surface area contributed by atoms with Gasteiger partial charge in [-0.2, -0.15) is 5.10 Å². The zero-order chi connectivity index (χ0) is 18.5. The van der Waals surface area contributed by atoms with Crippen molar-refractivity contribution in [3.63, 3.8) is 0 Å². The zero-order valence-corrected chi connectivity index (χ0v) is 14.6. The summed E-state index contributed by atoms with van der Waals surface area (Å²) in [6.07, 6.45) is 6.50. The number of rotatable bonds is 6. The summed E-state index contributed by atoms with van der Waals surface area (Å²) in [5, 5.41) is 6.94. The van der Waals surface area contributed by atoms with Gasteiger partial charge < -0.3 is 9.73 Å². The molecule has 0 aliphatic rings. The number of hydrogen-bond acceptors (Lipinski definition) is 4. The highest BCUT2D eigenvalue weighted by Gasteiger charge is 2.08. The van der Waals surface area contributed by atoms with Gasteiger partial charge in [0.2, 0.25) is 5.91 Å². The van der Waals surface area contributed by atoms with Crippen molar-refractivity contribution in [1.82, 2.24) is 9.78 Å². The summed E-state index contributed by atoms with van der Waals surface area (Å²) in [5.41, 5.74) is 2.72. The van der Waals surface area contributed by atoms with Crippen molar-refractivity contribution in [2.24, 2.45) is 0 Å². The van der Waals surface area contributed by atoms with E-state index in [-0.39, 0.29) is 11.7 Å². The molecular weight excluding hydrogens is 330 g/mol. The maximum atomic E-state index is 12.0. The molecule has 6 heteroatoms. The van der Waals surface area contributed by atoms with Gasteiger partial charge >= 0.3 is 0 Å². The van der Waals surface area contributed by atoms with Crippen molar-refractivity contribution < 1.29 is 14.0 Å². The Balaban J connectivity index is 1.57. The first-order chi connectivity index (χ1) is 12.5. The second-order valence-electron chi connectivity index (χ2n) is 5.98. The highest BCUT2D eigenvalue weighted by atomic mass is 16.3. The first-order valence-corrected chi connectivity index (χ1v) is 8.17. The lowest BCUT2D eigenvalue weighted by atomic mass is 10.1. The molecule has 26 heavy (non-hydrogen) atoms. The Labute approximate surface area is 151 Å². The number of aromatic nitrogens is 2. The second-order valence-corrected chi connectivity index (χ2v) is 5.98. The van der Waals surface area contributed by atoms with Crippen LogP contribution < -0.4 is 5.32 Å². The van der Waals surface area contributed by atoms with E-state index in [4.69, 9.17) is 4.42 Å². The molecule has 0 bridgehead atoms. The Morgan fingerprint density at radius 2 is 1.96 bits per heavy atom. The lowest BCUT2D eigenvalue weighted by molar-refractivity contribution is -0.111. The number of Topliss-reactive ketones (excluding diaryl/α,β-unsaturated/α-hetero) is 1. The number of carbonyl (C=O) groups excluding carboxylic acids is 2. The number of anilines is 1. The van der Waals surface area contributed by atoms with Crippen LogP contribution in [0.25, 0.3) is 6.08 Å². The summed E-state index contributed by atoms with van der Waals surface area (Å²) >= 11 is 0. The molecule has 132 valence electrons. The Hall–Kier alpha value is -3.41. The maximum absolute atomic E-state index is 12.0. The molecule has 0 atom stereocenters. The van der Waals surface area contributed by atoms with Gasteiger partial charge in [-0.3, -0.25) is 14.3 Å². The van der Waals surface area contributed by atoms with Gasteiger partial charge in [-0.1, -0.05) is 29.8 Å². The Morgan fingerprint density at radius 3 is 2.65 bits per heavy atom. The van der Waals surface area contributed by atoms with Gasteiger partial charge in [0.25, 0.3) is 0 Å². The molecule has 6 nitrogen and oxygen atoms in total. The number of nitrogens with one attached hydrogen (secondary N) is 1. The van der Waals surface area contributed by atoms with Gasteiger partial charge in [0, 0.05) is 19.2 Å². The van der Waals surface area contributed by atoms with Crippen LogP contribution in [0.2, 0.25) is 0 Å². The molecule has 3 rings (SSSR count). The first kappa shape index (κ1) is 17.4. The Morgan fingerprint density at radius 1 is 1.19 bits per heavy atom. The van der Waals surface area contributed by atoms with E-state index >= 15 is 0 Å². The summed E-state index contributed by atoms with van der Waals surface area (Å²) in [4.78, 5) is 23.3. The zero-order valence-electron chi connectivity index (χ0n) is 14.6. The predicted molar refractivity (Wildman–Crippen MR) is 98.9 cm³/mol. The molecule has 1 amide bonds. The predicted octanol–water partition coefficient (Wildman–Crippen LogP) is 3.69. The van der Waals surface area contributed by atoms with Gasteiger partial charge in [0.15, 0.2) is 11.5 Å². The number of furan rings is 1. The number of amides is 1. The van der Waals surface area contributed by atoms with Crippen LogP contribution in [0.3, 0.4) is 0 Å². The van der Waals surface area contributed by atoms with Crippen LogP contribution in [0, 0.1) is 6.92 Å². The smallest absolute Gasteiger partial charge is 0.248 e. The van der Waals surface area contributed by atoms with E-state index in [0.29, 0.717) is 23.8 Å². The third-order valence-electron chi connectivity index (χ3n) is 3.73. The number of ketones is 1. The summed E-state index contributed by atoms with van der Waals surface area (Å²) in [5.74, 6) is 0.587. The molecule has 0 unspecified atom stereocenters. The fraction of sp³-hybridized carbons (Fsp3) is 0.150. The van der Waals surface area contributed by atoms with Crippen LogP contribution in [0.1, 0.15) is 34.4 Å². The monoisotopic (exact) mass is 349 g/mol. The molecule has 0 spiro atoms. The number of carbonyl (C=O) groups is 2. The van der Waals surface area contributed by atoms with Gasteiger partial charge in [0.05, 0.1) is 18.4 Å². The van der Waals surface area contributed by atoms with E-state index in [0.717, 1.165) is 5.56 Å². The number of nitrogens with zero attached hydrogens (tertiary/aromatic N) is 2. The van der Waals surface area contributed by atoms with Crippen LogP contribution >= 0.6 is 0 Å². The molecule has 2 aromatic heterocycles. The molecule has 1 N–H and O–H groups in total. The lowest BCUT2D eigenvalue weighted by Gasteiger charge is -1.99. The molecule has 0 aliphatic heterocycles. The highest BCUT2D eigenvalue weighted by Crippen LogP contribution is 2.12. The minimum atomic E-state index is -0.234. The van der Waals surface area contributed by atoms with E-state index in [9.17, 15) is 9.59 Å². The van der Waals surface area contributed by atoms with Crippen LogP contribution in [-0.4, -0.2) is 21.5 Å². The molecule has 2 heterocycles. The Bertz CT molecular complexity index is 949. The number of hydrogen-bond donors (Lipinski definition) is 1. The van der Waals surface area contributed by atoms with Crippen molar-refractivity contribution in [2.45, 2.75) is 20.4 Å². The van der Waals surface area contributed by atoms with Crippen molar-refractivity contribution in [1.29, 1.82) is 0 Å². The minimum absolute atomic E-state index is 0.120. The van der Waals surface area contributed by atoms with E-state index in [1.807, 2.05) is 31.2 Å². The normalized spacial score (nSPS) is 11.0. The number of benzene rings is 1. The highest BCUT2D eigenvalue weighted by molar-refractivity contribution is 6.01. The van der Waals surface area contributed by atoms with Crippen molar-refractivity contribution in [3.05, 3.63) is 77.5 Å².